The van der Waals surface area contributed by atoms with Gasteiger partial charge in [-0.15, -0.1) is 0 Å². The Kier molecular flexibility index (Phi) is 7.70. The first kappa shape index (κ1) is 18.4. The first-order valence-corrected chi connectivity index (χ1v) is 9.10. The Bertz CT molecular complexity index is 621. The van der Waals surface area contributed by atoms with Crippen LogP contribution in [-0.2, 0) is 19.4 Å². The number of aryl methyl sites for hydroxylation is 2. The smallest absolute Gasteiger partial charge is 0.150 e. The summed E-state index contributed by atoms with van der Waals surface area (Å²) in [7, 11) is 0. The molecule has 0 aromatic heterocycles. The maximum absolute atomic E-state index is 11.0. The molecule has 2 aromatic carbocycles. The summed E-state index contributed by atoms with van der Waals surface area (Å²) in [6, 6.07) is 17.0. The van der Waals surface area contributed by atoms with E-state index in [1.54, 1.807) is 0 Å². The molecule has 0 saturated heterocycles. The average molecular weight is 323 g/mol. The second-order valence-electron chi connectivity index (χ2n) is 6.32. The number of hydrogen-bond donors (Lipinski definition) is 0. The van der Waals surface area contributed by atoms with Crippen molar-refractivity contribution in [2.75, 3.05) is 13.1 Å². The van der Waals surface area contributed by atoms with E-state index in [4.69, 9.17) is 0 Å². The van der Waals surface area contributed by atoms with Crippen LogP contribution in [0.5, 0.6) is 0 Å². The fraction of sp³-hybridized carbons (Fsp3) is 0.409. The van der Waals surface area contributed by atoms with Crippen molar-refractivity contribution in [3.8, 4) is 0 Å². The van der Waals surface area contributed by atoms with Gasteiger partial charge in [0.1, 0.15) is 6.29 Å². The number of aldehydes is 1. The molecule has 0 atom stereocenters. The number of unbranched alkanes of at least 4 members (excludes halogenated alkanes) is 1. The van der Waals surface area contributed by atoms with E-state index in [0.29, 0.717) is 0 Å². The molecule has 0 saturated carbocycles. The Morgan fingerprint density at radius 2 is 1.75 bits per heavy atom. The van der Waals surface area contributed by atoms with Gasteiger partial charge in [0.2, 0.25) is 0 Å². The van der Waals surface area contributed by atoms with Gasteiger partial charge in [0, 0.05) is 12.1 Å². The summed E-state index contributed by atoms with van der Waals surface area (Å²) < 4.78 is 0. The Hall–Kier alpha value is -1.93. The molecule has 24 heavy (non-hydrogen) atoms. The molecule has 0 heterocycles. The molecule has 2 heteroatoms. The van der Waals surface area contributed by atoms with Gasteiger partial charge >= 0.3 is 0 Å². The first-order chi connectivity index (χ1) is 11.8. The van der Waals surface area contributed by atoms with E-state index in [1.807, 2.05) is 6.07 Å². The van der Waals surface area contributed by atoms with Crippen molar-refractivity contribution in [1.82, 2.24) is 4.90 Å². The predicted octanol–water partition coefficient (Wildman–Crippen LogP) is 4.91. The van der Waals surface area contributed by atoms with Crippen LogP contribution in [0.4, 0.5) is 0 Å². The second-order valence-corrected chi connectivity index (χ2v) is 6.32. The van der Waals surface area contributed by atoms with Crippen LogP contribution in [0.3, 0.4) is 0 Å². The van der Waals surface area contributed by atoms with E-state index >= 15 is 0 Å². The molecule has 0 N–H and O–H groups in total. The molecule has 2 aromatic rings. The Labute approximate surface area is 146 Å². The molecular weight excluding hydrogens is 294 g/mol. The number of benzene rings is 2. The summed E-state index contributed by atoms with van der Waals surface area (Å²) >= 11 is 0. The fourth-order valence-corrected chi connectivity index (χ4v) is 3.09. The number of nitrogens with zero attached hydrogens (tertiary/aromatic N) is 1. The Morgan fingerprint density at radius 3 is 2.42 bits per heavy atom. The quantitative estimate of drug-likeness (QED) is 0.457. The van der Waals surface area contributed by atoms with Gasteiger partial charge in [-0.1, -0.05) is 62.4 Å². The maximum Gasteiger partial charge on any atom is 0.150 e. The molecule has 0 spiro atoms. The molecule has 0 bridgehead atoms. The number of carbonyl (C=O) groups is 1. The summed E-state index contributed by atoms with van der Waals surface area (Å²) in [6.07, 6.45) is 5.37. The molecule has 0 radical (unpaired) electrons. The van der Waals surface area contributed by atoms with Gasteiger partial charge in [-0.3, -0.25) is 9.69 Å². The molecule has 0 aliphatic rings. The number of carbonyl (C=O) groups excluding carboxylic acids is 1. The molecule has 0 aliphatic carbocycles. The highest BCUT2D eigenvalue weighted by atomic mass is 16.1. The molecule has 2 nitrogen and oxygen atoms in total. The minimum Gasteiger partial charge on any atom is -0.299 e. The van der Waals surface area contributed by atoms with Gasteiger partial charge in [0.25, 0.3) is 0 Å². The van der Waals surface area contributed by atoms with Crippen LogP contribution in [0.15, 0.2) is 48.5 Å². The van der Waals surface area contributed by atoms with Crippen LogP contribution in [0.2, 0.25) is 0 Å². The van der Waals surface area contributed by atoms with Gasteiger partial charge in [0.15, 0.2) is 0 Å². The topological polar surface area (TPSA) is 20.3 Å². The lowest BCUT2D eigenvalue weighted by molar-refractivity contribution is 0.112. The largest absolute Gasteiger partial charge is 0.299 e. The van der Waals surface area contributed by atoms with E-state index < -0.39 is 0 Å². The third-order valence-corrected chi connectivity index (χ3v) is 4.60. The summed E-state index contributed by atoms with van der Waals surface area (Å²) in [6.45, 7) is 7.59. The van der Waals surface area contributed by atoms with Crippen molar-refractivity contribution >= 4 is 6.29 Å². The fourth-order valence-electron chi connectivity index (χ4n) is 3.09. The normalized spacial score (nSPS) is 11.0. The van der Waals surface area contributed by atoms with E-state index in [-0.39, 0.29) is 0 Å². The average Bonchev–Trinajstić information content (AvgIpc) is 2.64. The molecule has 0 unspecified atom stereocenters. The highest BCUT2D eigenvalue weighted by molar-refractivity contribution is 5.77. The molecule has 0 fully saturated rings. The highest BCUT2D eigenvalue weighted by Gasteiger charge is 2.05. The molecular formula is C22H29NO. The van der Waals surface area contributed by atoms with Gasteiger partial charge in [0.05, 0.1) is 0 Å². The number of hydrogen-bond acceptors (Lipinski definition) is 2. The van der Waals surface area contributed by atoms with Gasteiger partial charge in [-0.25, -0.2) is 0 Å². The van der Waals surface area contributed by atoms with Crippen molar-refractivity contribution in [3.63, 3.8) is 0 Å². The zero-order valence-electron chi connectivity index (χ0n) is 15.0. The summed E-state index contributed by atoms with van der Waals surface area (Å²) in [5, 5.41) is 0. The SMILES string of the molecule is CCc1cc(CCCCN(CC)Cc2ccccc2)ccc1C=O. The number of rotatable bonds is 10. The van der Waals surface area contributed by atoms with Gasteiger partial charge < -0.3 is 0 Å². The lowest BCUT2D eigenvalue weighted by atomic mass is 9.99. The predicted molar refractivity (Wildman–Crippen MR) is 102 cm³/mol. The maximum atomic E-state index is 11.0. The highest BCUT2D eigenvalue weighted by Crippen LogP contribution is 2.14. The standard InChI is InChI=1S/C22H29NO/c1-3-21-16-19(13-14-22(21)18-24)10-8-9-15-23(4-2)17-20-11-6-5-7-12-20/h5-7,11-14,16,18H,3-4,8-10,15,17H2,1-2H3. The van der Waals surface area contributed by atoms with E-state index in [2.05, 4.69) is 61.2 Å². The van der Waals surface area contributed by atoms with Crippen molar-refractivity contribution in [2.45, 2.75) is 46.1 Å². The molecule has 2 rings (SSSR count). The van der Waals surface area contributed by atoms with Crippen molar-refractivity contribution < 1.29 is 4.79 Å². The lowest BCUT2D eigenvalue weighted by Crippen LogP contribution is -2.24. The van der Waals surface area contributed by atoms with Crippen LogP contribution in [0.25, 0.3) is 0 Å². The van der Waals surface area contributed by atoms with Crippen LogP contribution >= 0.6 is 0 Å². The van der Waals surface area contributed by atoms with E-state index in [0.717, 1.165) is 44.3 Å². The minimum absolute atomic E-state index is 0.835. The van der Waals surface area contributed by atoms with Crippen molar-refractivity contribution in [3.05, 3.63) is 70.8 Å². The van der Waals surface area contributed by atoms with Crippen molar-refractivity contribution in [2.24, 2.45) is 0 Å². The Balaban J connectivity index is 1.78. The van der Waals surface area contributed by atoms with E-state index in [9.17, 15) is 4.79 Å². The third kappa shape index (κ3) is 5.61. The second kappa shape index (κ2) is 10.0. The molecule has 0 aliphatic heterocycles. The zero-order chi connectivity index (χ0) is 17.2. The van der Waals surface area contributed by atoms with Crippen LogP contribution in [-0.4, -0.2) is 24.3 Å². The van der Waals surface area contributed by atoms with Gasteiger partial charge in [-0.2, -0.15) is 0 Å². The van der Waals surface area contributed by atoms with Crippen molar-refractivity contribution in [1.29, 1.82) is 0 Å². The van der Waals surface area contributed by atoms with Crippen LogP contribution in [0.1, 0.15) is 53.7 Å². The lowest BCUT2D eigenvalue weighted by Gasteiger charge is -2.20. The van der Waals surface area contributed by atoms with Gasteiger partial charge in [-0.05, 0) is 55.5 Å². The molecule has 128 valence electrons. The van der Waals surface area contributed by atoms with Crippen LogP contribution in [0, 0.1) is 0 Å². The summed E-state index contributed by atoms with van der Waals surface area (Å²) in [5.74, 6) is 0. The monoisotopic (exact) mass is 323 g/mol. The Morgan fingerprint density at radius 1 is 0.958 bits per heavy atom. The first-order valence-electron chi connectivity index (χ1n) is 9.10. The molecule has 0 amide bonds. The summed E-state index contributed by atoms with van der Waals surface area (Å²) in [5.41, 5.74) is 4.74. The third-order valence-electron chi connectivity index (χ3n) is 4.60. The summed E-state index contributed by atoms with van der Waals surface area (Å²) in [4.78, 5) is 13.5. The minimum atomic E-state index is 0.835. The van der Waals surface area contributed by atoms with Crippen LogP contribution < -0.4 is 0 Å². The zero-order valence-corrected chi connectivity index (χ0v) is 15.0. The van der Waals surface area contributed by atoms with E-state index in [1.165, 1.54) is 29.5 Å².